The molecule has 1 aliphatic heterocycles. The monoisotopic (exact) mass is 389 g/mol. The highest BCUT2D eigenvalue weighted by Crippen LogP contribution is 2.28. The molecule has 2 aromatic carbocycles. The summed E-state index contributed by atoms with van der Waals surface area (Å²) >= 11 is 0. The second-order valence-electron chi connectivity index (χ2n) is 7.19. The summed E-state index contributed by atoms with van der Waals surface area (Å²) in [6.07, 6.45) is 1.95. The largest absolute Gasteiger partial charge is 0.495 e. The number of aryl methyl sites for hydroxylation is 1. The number of hydrogen-bond donors (Lipinski definition) is 0. The minimum absolute atomic E-state index is 0.874. The van der Waals surface area contributed by atoms with Crippen LogP contribution in [0.1, 0.15) is 17.0 Å². The fraction of sp³-hybridized carbons (Fsp3) is 0.304. The molecule has 2 heterocycles. The van der Waals surface area contributed by atoms with Crippen LogP contribution in [0.2, 0.25) is 0 Å². The summed E-state index contributed by atoms with van der Waals surface area (Å²) in [6, 6.07) is 18.4. The van der Waals surface area contributed by atoms with Crippen molar-refractivity contribution in [3.05, 3.63) is 71.5 Å². The summed E-state index contributed by atoms with van der Waals surface area (Å²) in [6.45, 7) is 7.71. The van der Waals surface area contributed by atoms with Gasteiger partial charge in [0.15, 0.2) is 0 Å². The van der Waals surface area contributed by atoms with E-state index in [2.05, 4.69) is 41.1 Å². The SMILES string of the molecule is COc1ccccc1N1CCN(N=Cc2c(C)nn(-c3ccccc3)c2C)CC1. The topological polar surface area (TPSA) is 45.9 Å². The summed E-state index contributed by atoms with van der Waals surface area (Å²) < 4.78 is 7.48. The van der Waals surface area contributed by atoms with Gasteiger partial charge in [-0.15, -0.1) is 0 Å². The van der Waals surface area contributed by atoms with Gasteiger partial charge in [-0.1, -0.05) is 30.3 Å². The van der Waals surface area contributed by atoms with Crippen molar-refractivity contribution in [2.75, 3.05) is 38.2 Å². The molecule has 0 aliphatic carbocycles. The maximum Gasteiger partial charge on any atom is 0.142 e. The molecule has 3 aromatic rings. The van der Waals surface area contributed by atoms with E-state index in [9.17, 15) is 0 Å². The van der Waals surface area contributed by atoms with Crippen molar-refractivity contribution in [3.63, 3.8) is 0 Å². The van der Waals surface area contributed by atoms with Gasteiger partial charge in [0.25, 0.3) is 0 Å². The molecule has 1 saturated heterocycles. The first-order valence-electron chi connectivity index (χ1n) is 9.96. The van der Waals surface area contributed by atoms with Crippen molar-refractivity contribution in [2.45, 2.75) is 13.8 Å². The standard InChI is InChI=1S/C23H27N5O/c1-18-21(19(2)28(25-18)20-9-5-4-6-10-20)17-24-27-15-13-26(14-16-27)22-11-7-8-12-23(22)29-3/h4-12,17H,13-16H2,1-3H3. The van der Waals surface area contributed by atoms with Gasteiger partial charge in [0.1, 0.15) is 5.75 Å². The van der Waals surface area contributed by atoms with E-state index in [1.165, 1.54) is 0 Å². The molecule has 150 valence electrons. The molecule has 0 saturated carbocycles. The summed E-state index contributed by atoms with van der Waals surface area (Å²) in [5.41, 5.74) is 5.39. The molecule has 0 amide bonds. The van der Waals surface area contributed by atoms with Crippen molar-refractivity contribution < 1.29 is 4.74 Å². The Bertz CT molecular complexity index is 988. The van der Waals surface area contributed by atoms with Crippen LogP contribution in [-0.4, -0.2) is 54.3 Å². The Balaban J connectivity index is 1.44. The molecular weight excluding hydrogens is 362 g/mol. The average Bonchev–Trinajstić information content (AvgIpc) is 3.06. The van der Waals surface area contributed by atoms with Crippen molar-refractivity contribution in [1.82, 2.24) is 14.8 Å². The predicted octanol–water partition coefficient (Wildman–Crippen LogP) is 3.65. The summed E-state index contributed by atoms with van der Waals surface area (Å²) in [5.74, 6) is 0.920. The van der Waals surface area contributed by atoms with Gasteiger partial charge >= 0.3 is 0 Å². The molecule has 0 atom stereocenters. The molecule has 0 unspecified atom stereocenters. The van der Waals surface area contributed by atoms with Crippen molar-refractivity contribution >= 4 is 11.9 Å². The molecule has 1 aliphatic rings. The van der Waals surface area contributed by atoms with E-state index in [1.54, 1.807) is 7.11 Å². The summed E-state index contributed by atoms with van der Waals surface area (Å²) in [5, 5.41) is 11.6. The zero-order valence-corrected chi connectivity index (χ0v) is 17.2. The zero-order valence-electron chi connectivity index (χ0n) is 17.2. The third-order valence-electron chi connectivity index (χ3n) is 5.38. The van der Waals surface area contributed by atoms with Gasteiger partial charge in [0, 0.05) is 18.7 Å². The fourth-order valence-electron chi connectivity index (χ4n) is 3.74. The number of hydrazone groups is 1. The van der Waals surface area contributed by atoms with Gasteiger partial charge in [0.2, 0.25) is 0 Å². The highest BCUT2D eigenvalue weighted by Gasteiger charge is 2.19. The Morgan fingerprint density at radius 2 is 1.62 bits per heavy atom. The van der Waals surface area contributed by atoms with Crippen LogP contribution >= 0.6 is 0 Å². The second-order valence-corrected chi connectivity index (χ2v) is 7.19. The zero-order chi connectivity index (χ0) is 20.2. The Kier molecular flexibility index (Phi) is 5.51. The van der Waals surface area contributed by atoms with E-state index in [-0.39, 0.29) is 0 Å². The lowest BCUT2D eigenvalue weighted by Gasteiger charge is -2.35. The van der Waals surface area contributed by atoms with E-state index in [0.717, 1.165) is 60.3 Å². The smallest absolute Gasteiger partial charge is 0.142 e. The normalized spacial score (nSPS) is 14.6. The van der Waals surface area contributed by atoms with Crippen LogP contribution in [0.15, 0.2) is 59.7 Å². The van der Waals surface area contributed by atoms with Crippen LogP contribution in [0, 0.1) is 13.8 Å². The van der Waals surface area contributed by atoms with Gasteiger partial charge in [-0.05, 0) is 38.1 Å². The number of methoxy groups -OCH3 is 1. The number of aromatic nitrogens is 2. The van der Waals surface area contributed by atoms with Crippen LogP contribution < -0.4 is 9.64 Å². The molecule has 6 heteroatoms. The number of anilines is 1. The van der Waals surface area contributed by atoms with E-state index in [0.29, 0.717) is 0 Å². The number of para-hydroxylation sites is 3. The third kappa shape index (κ3) is 3.97. The molecule has 6 nitrogen and oxygen atoms in total. The lowest BCUT2D eigenvalue weighted by Crippen LogP contribution is -2.44. The van der Waals surface area contributed by atoms with E-state index >= 15 is 0 Å². The quantitative estimate of drug-likeness (QED) is 0.625. The summed E-state index contributed by atoms with van der Waals surface area (Å²) in [7, 11) is 1.72. The first kappa shape index (κ1) is 19.1. The molecule has 29 heavy (non-hydrogen) atoms. The van der Waals surface area contributed by atoms with Crippen LogP contribution in [0.3, 0.4) is 0 Å². The van der Waals surface area contributed by atoms with Crippen LogP contribution in [0.5, 0.6) is 5.75 Å². The molecule has 1 fully saturated rings. The molecule has 0 radical (unpaired) electrons. The second kappa shape index (κ2) is 8.39. The molecule has 0 N–H and O–H groups in total. The maximum absolute atomic E-state index is 5.50. The van der Waals surface area contributed by atoms with Crippen molar-refractivity contribution in [1.29, 1.82) is 0 Å². The number of piperazine rings is 1. The molecule has 0 spiro atoms. The minimum atomic E-state index is 0.874. The number of rotatable bonds is 5. The third-order valence-corrected chi connectivity index (χ3v) is 5.38. The maximum atomic E-state index is 5.50. The summed E-state index contributed by atoms with van der Waals surface area (Å²) in [4.78, 5) is 2.36. The van der Waals surface area contributed by atoms with Gasteiger partial charge in [0.05, 0.1) is 49.2 Å². The van der Waals surface area contributed by atoms with Gasteiger partial charge in [-0.25, -0.2) is 4.68 Å². The highest BCUT2D eigenvalue weighted by molar-refractivity contribution is 5.82. The minimum Gasteiger partial charge on any atom is -0.495 e. The van der Waals surface area contributed by atoms with Crippen LogP contribution in [0.4, 0.5) is 5.69 Å². The van der Waals surface area contributed by atoms with E-state index < -0.39 is 0 Å². The van der Waals surface area contributed by atoms with E-state index in [1.807, 2.05) is 48.2 Å². The first-order chi connectivity index (χ1) is 14.2. The number of nitrogens with zero attached hydrogens (tertiary/aromatic N) is 5. The van der Waals surface area contributed by atoms with Gasteiger partial charge < -0.3 is 9.64 Å². The number of ether oxygens (including phenoxy) is 1. The molecule has 1 aromatic heterocycles. The Morgan fingerprint density at radius 3 is 2.34 bits per heavy atom. The highest BCUT2D eigenvalue weighted by atomic mass is 16.5. The lowest BCUT2D eigenvalue weighted by atomic mass is 10.2. The fourth-order valence-corrected chi connectivity index (χ4v) is 3.74. The lowest BCUT2D eigenvalue weighted by molar-refractivity contribution is 0.271. The molecular formula is C23H27N5O. The Morgan fingerprint density at radius 1 is 0.931 bits per heavy atom. The van der Waals surface area contributed by atoms with Crippen molar-refractivity contribution in [2.24, 2.45) is 5.10 Å². The molecule has 4 rings (SSSR count). The van der Waals surface area contributed by atoms with Gasteiger partial charge in [-0.2, -0.15) is 10.2 Å². The first-order valence-corrected chi connectivity index (χ1v) is 9.96. The molecule has 0 bridgehead atoms. The van der Waals surface area contributed by atoms with Crippen molar-refractivity contribution in [3.8, 4) is 11.4 Å². The number of benzene rings is 2. The number of hydrogen-bond acceptors (Lipinski definition) is 5. The predicted molar refractivity (Wildman–Crippen MR) is 117 cm³/mol. The average molecular weight is 390 g/mol. The van der Waals surface area contributed by atoms with E-state index in [4.69, 9.17) is 14.9 Å². The Labute approximate surface area is 172 Å². The Hall–Kier alpha value is -3.28. The van der Waals surface area contributed by atoms with Gasteiger partial charge in [-0.3, -0.25) is 5.01 Å². The van der Waals surface area contributed by atoms with Crippen LogP contribution in [0.25, 0.3) is 5.69 Å². The van der Waals surface area contributed by atoms with Crippen LogP contribution in [-0.2, 0) is 0 Å².